The van der Waals surface area contributed by atoms with Crippen LogP contribution >= 0.6 is 11.3 Å². The highest BCUT2D eigenvalue weighted by Gasteiger charge is 2.33. The predicted octanol–water partition coefficient (Wildman–Crippen LogP) is 3.32. The summed E-state index contributed by atoms with van der Waals surface area (Å²) in [6, 6.07) is 6.91. The van der Waals surface area contributed by atoms with E-state index in [1.54, 1.807) is 34.4 Å². The normalized spacial score (nSPS) is 14.2. The van der Waals surface area contributed by atoms with E-state index in [1.165, 1.54) is 6.07 Å². The molecule has 0 bridgehead atoms. The molecule has 0 atom stereocenters. The summed E-state index contributed by atoms with van der Waals surface area (Å²) < 4.78 is 13.8. The minimum atomic E-state index is -0.250. The Kier molecular flexibility index (Phi) is 4.01. The lowest BCUT2D eigenvalue weighted by molar-refractivity contribution is -0.131. The van der Waals surface area contributed by atoms with Crippen molar-refractivity contribution in [3.05, 3.63) is 51.7 Å². The van der Waals surface area contributed by atoms with Gasteiger partial charge >= 0.3 is 0 Å². The first-order valence-corrected chi connectivity index (χ1v) is 7.95. The van der Waals surface area contributed by atoms with Gasteiger partial charge in [0.05, 0.1) is 17.1 Å². The van der Waals surface area contributed by atoms with Gasteiger partial charge in [-0.25, -0.2) is 9.37 Å². The lowest BCUT2D eigenvalue weighted by Crippen LogP contribution is -2.34. The van der Waals surface area contributed by atoms with Crippen LogP contribution in [0.2, 0.25) is 0 Å². The van der Waals surface area contributed by atoms with Crippen molar-refractivity contribution in [1.82, 2.24) is 9.88 Å². The SMILES string of the molecule is Cc1nc(CC(=O)N(Cc2ccccc2F)C2CC2)cs1. The molecule has 1 amide bonds. The fourth-order valence-corrected chi connectivity index (χ4v) is 2.98. The molecule has 1 aliphatic rings. The second kappa shape index (κ2) is 5.93. The Balaban J connectivity index is 1.72. The van der Waals surface area contributed by atoms with Crippen LogP contribution in [0.4, 0.5) is 4.39 Å². The smallest absolute Gasteiger partial charge is 0.229 e. The van der Waals surface area contributed by atoms with Crippen LogP contribution in [0.3, 0.4) is 0 Å². The number of aryl methyl sites for hydroxylation is 1. The van der Waals surface area contributed by atoms with Gasteiger partial charge in [0.1, 0.15) is 5.82 Å². The third kappa shape index (κ3) is 3.47. The Morgan fingerprint density at radius 1 is 1.43 bits per heavy atom. The molecular formula is C16H17FN2OS. The highest BCUT2D eigenvalue weighted by Crippen LogP contribution is 2.29. The molecule has 0 N–H and O–H groups in total. The Labute approximate surface area is 127 Å². The third-order valence-electron chi connectivity index (χ3n) is 3.61. The molecule has 0 saturated heterocycles. The Hall–Kier alpha value is -1.75. The third-order valence-corrected chi connectivity index (χ3v) is 4.43. The molecule has 3 nitrogen and oxygen atoms in total. The van der Waals surface area contributed by atoms with Gasteiger partial charge in [0, 0.05) is 23.5 Å². The maximum absolute atomic E-state index is 13.8. The molecule has 2 aromatic rings. The van der Waals surface area contributed by atoms with E-state index in [9.17, 15) is 9.18 Å². The molecule has 21 heavy (non-hydrogen) atoms. The maximum Gasteiger partial charge on any atom is 0.229 e. The van der Waals surface area contributed by atoms with Crippen LogP contribution in [0.1, 0.15) is 29.1 Å². The van der Waals surface area contributed by atoms with E-state index in [0.717, 1.165) is 23.5 Å². The molecule has 0 unspecified atom stereocenters. The van der Waals surface area contributed by atoms with E-state index in [-0.39, 0.29) is 17.8 Å². The van der Waals surface area contributed by atoms with E-state index in [2.05, 4.69) is 4.98 Å². The number of carbonyl (C=O) groups excluding carboxylic acids is 1. The van der Waals surface area contributed by atoms with Crippen molar-refractivity contribution < 1.29 is 9.18 Å². The number of hydrogen-bond donors (Lipinski definition) is 0. The molecule has 1 saturated carbocycles. The van der Waals surface area contributed by atoms with Crippen LogP contribution in [0, 0.1) is 12.7 Å². The fourth-order valence-electron chi connectivity index (χ4n) is 2.36. The highest BCUT2D eigenvalue weighted by atomic mass is 32.1. The van der Waals surface area contributed by atoms with Crippen LogP contribution in [0.5, 0.6) is 0 Å². The number of carbonyl (C=O) groups is 1. The van der Waals surface area contributed by atoms with Crippen molar-refractivity contribution in [1.29, 1.82) is 0 Å². The number of halogens is 1. The number of aromatic nitrogens is 1. The maximum atomic E-state index is 13.8. The fraction of sp³-hybridized carbons (Fsp3) is 0.375. The first-order valence-electron chi connectivity index (χ1n) is 7.07. The van der Waals surface area contributed by atoms with Crippen molar-refractivity contribution in [2.45, 2.75) is 38.8 Å². The van der Waals surface area contributed by atoms with Gasteiger partial charge in [-0.2, -0.15) is 0 Å². The van der Waals surface area contributed by atoms with Gasteiger partial charge in [0.15, 0.2) is 0 Å². The summed E-state index contributed by atoms with van der Waals surface area (Å²) in [5.41, 5.74) is 1.38. The minimum Gasteiger partial charge on any atom is -0.335 e. The van der Waals surface area contributed by atoms with Crippen LogP contribution in [0.25, 0.3) is 0 Å². The Bertz CT molecular complexity index is 651. The van der Waals surface area contributed by atoms with Crippen molar-refractivity contribution in [2.24, 2.45) is 0 Å². The van der Waals surface area contributed by atoms with Crippen molar-refractivity contribution in [3.8, 4) is 0 Å². The molecule has 110 valence electrons. The monoisotopic (exact) mass is 304 g/mol. The first kappa shape index (κ1) is 14.2. The van der Waals surface area contributed by atoms with Gasteiger partial charge in [-0.1, -0.05) is 18.2 Å². The molecule has 1 fully saturated rings. The number of thiazole rings is 1. The highest BCUT2D eigenvalue weighted by molar-refractivity contribution is 7.09. The molecule has 5 heteroatoms. The molecular weight excluding hydrogens is 287 g/mol. The van der Waals surface area contributed by atoms with E-state index < -0.39 is 0 Å². The van der Waals surface area contributed by atoms with Crippen molar-refractivity contribution in [3.63, 3.8) is 0 Å². The Morgan fingerprint density at radius 3 is 2.81 bits per heavy atom. The number of amides is 1. The average Bonchev–Trinajstić information content (AvgIpc) is 3.21. The second-order valence-electron chi connectivity index (χ2n) is 5.38. The van der Waals surface area contributed by atoms with Crippen LogP contribution in [-0.4, -0.2) is 21.8 Å². The zero-order valence-electron chi connectivity index (χ0n) is 11.9. The van der Waals surface area contributed by atoms with E-state index in [4.69, 9.17) is 0 Å². The molecule has 1 heterocycles. The number of benzene rings is 1. The minimum absolute atomic E-state index is 0.0334. The molecule has 3 rings (SSSR count). The molecule has 1 aromatic carbocycles. The zero-order chi connectivity index (χ0) is 14.8. The number of nitrogens with zero attached hydrogens (tertiary/aromatic N) is 2. The molecule has 0 radical (unpaired) electrons. The summed E-state index contributed by atoms with van der Waals surface area (Å²) in [5.74, 6) is -0.216. The van der Waals surface area contributed by atoms with Crippen molar-refractivity contribution in [2.75, 3.05) is 0 Å². The Morgan fingerprint density at radius 2 is 2.19 bits per heavy atom. The summed E-state index contributed by atoms with van der Waals surface area (Å²) in [7, 11) is 0. The molecule has 0 aliphatic heterocycles. The van der Waals surface area contributed by atoms with E-state index in [1.807, 2.05) is 12.3 Å². The van der Waals surface area contributed by atoms with Crippen molar-refractivity contribution >= 4 is 17.2 Å². The quantitative estimate of drug-likeness (QED) is 0.849. The standard InChI is InChI=1S/C16H17FN2OS/c1-11-18-13(10-21-11)8-16(20)19(14-6-7-14)9-12-4-2-3-5-15(12)17/h2-5,10,14H,6-9H2,1H3. The molecule has 1 aromatic heterocycles. The van der Waals surface area contributed by atoms with E-state index >= 15 is 0 Å². The predicted molar refractivity (Wildman–Crippen MR) is 80.5 cm³/mol. The van der Waals surface area contributed by atoms with Crippen LogP contribution in [0.15, 0.2) is 29.6 Å². The van der Waals surface area contributed by atoms with Gasteiger partial charge in [0.25, 0.3) is 0 Å². The lowest BCUT2D eigenvalue weighted by atomic mass is 10.2. The van der Waals surface area contributed by atoms with Gasteiger partial charge in [-0.15, -0.1) is 11.3 Å². The summed E-state index contributed by atoms with van der Waals surface area (Å²) >= 11 is 1.55. The van der Waals surface area contributed by atoms with Crippen LogP contribution < -0.4 is 0 Å². The molecule has 1 aliphatic carbocycles. The van der Waals surface area contributed by atoms with Gasteiger partial charge < -0.3 is 4.90 Å². The van der Waals surface area contributed by atoms with Gasteiger partial charge in [-0.05, 0) is 25.8 Å². The summed E-state index contributed by atoms with van der Waals surface area (Å²) in [4.78, 5) is 18.6. The van der Waals surface area contributed by atoms with E-state index in [0.29, 0.717) is 18.5 Å². The molecule has 0 spiro atoms. The number of hydrogen-bond acceptors (Lipinski definition) is 3. The summed E-state index contributed by atoms with van der Waals surface area (Å²) in [5, 5.41) is 2.88. The van der Waals surface area contributed by atoms with Gasteiger partial charge in [-0.3, -0.25) is 4.79 Å². The summed E-state index contributed by atoms with van der Waals surface area (Å²) in [6.45, 7) is 2.27. The summed E-state index contributed by atoms with van der Waals surface area (Å²) in [6.07, 6.45) is 2.32. The van der Waals surface area contributed by atoms with Crippen LogP contribution in [-0.2, 0) is 17.8 Å². The largest absolute Gasteiger partial charge is 0.335 e. The first-order chi connectivity index (χ1) is 10.1. The number of rotatable bonds is 5. The average molecular weight is 304 g/mol. The second-order valence-corrected chi connectivity index (χ2v) is 6.44. The zero-order valence-corrected chi connectivity index (χ0v) is 12.7. The lowest BCUT2D eigenvalue weighted by Gasteiger charge is -2.22. The van der Waals surface area contributed by atoms with Gasteiger partial charge in [0.2, 0.25) is 5.91 Å². The topological polar surface area (TPSA) is 33.2 Å².